The highest BCUT2D eigenvalue weighted by Crippen LogP contribution is 2.45. The van der Waals surface area contributed by atoms with Gasteiger partial charge in [-0.05, 0) is 25.5 Å². The lowest BCUT2D eigenvalue weighted by molar-refractivity contribution is 0.0272. The third-order valence-electron chi connectivity index (χ3n) is 5.71. The summed E-state index contributed by atoms with van der Waals surface area (Å²) in [5, 5.41) is 0.793. The standard InChI is InChI=1S/C19H22N2O4S/c1-2-25-11-14-8-10-26(23,24)19(14)12-21(13-19)18(22)16-7-9-20-17-6-4-3-5-15(16)17/h3-7,9,14H,2,8,10-13H2,1H3/t14-/m1/s1. The Morgan fingerprint density at radius 3 is 2.85 bits per heavy atom. The van der Waals surface area contributed by atoms with Crippen LogP contribution >= 0.6 is 0 Å². The second-order valence-electron chi connectivity index (χ2n) is 7.07. The largest absolute Gasteiger partial charge is 0.381 e. The molecule has 2 fully saturated rings. The molecule has 1 spiro atoms. The van der Waals surface area contributed by atoms with Crippen LogP contribution in [0.4, 0.5) is 0 Å². The van der Waals surface area contributed by atoms with Gasteiger partial charge in [-0.25, -0.2) is 8.42 Å². The summed E-state index contributed by atoms with van der Waals surface area (Å²) in [6.45, 7) is 3.42. The number of carbonyl (C=O) groups is 1. The first-order valence-electron chi connectivity index (χ1n) is 8.91. The van der Waals surface area contributed by atoms with Crippen LogP contribution < -0.4 is 0 Å². The zero-order valence-corrected chi connectivity index (χ0v) is 15.5. The Kier molecular flexibility index (Phi) is 4.23. The summed E-state index contributed by atoms with van der Waals surface area (Å²) in [7, 11) is -3.21. The fourth-order valence-electron chi connectivity index (χ4n) is 4.16. The molecule has 0 N–H and O–H groups in total. The van der Waals surface area contributed by atoms with Gasteiger partial charge in [-0.3, -0.25) is 9.78 Å². The number of benzene rings is 1. The van der Waals surface area contributed by atoms with E-state index in [0.29, 0.717) is 25.2 Å². The lowest BCUT2D eigenvalue weighted by Crippen LogP contribution is -2.68. The number of likely N-dealkylation sites (tertiary alicyclic amines) is 1. The molecule has 6 nitrogen and oxygen atoms in total. The SMILES string of the molecule is CCOC[C@H]1CCS(=O)(=O)C12CN(C(=O)c1ccnc3ccccc13)C2. The Morgan fingerprint density at radius 1 is 1.31 bits per heavy atom. The van der Waals surface area contributed by atoms with E-state index in [4.69, 9.17) is 4.74 Å². The Labute approximate surface area is 153 Å². The van der Waals surface area contributed by atoms with Crippen molar-refractivity contribution < 1.29 is 17.9 Å². The number of sulfone groups is 1. The molecule has 0 saturated carbocycles. The van der Waals surface area contributed by atoms with E-state index in [1.807, 2.05) is 31.2 Å². The van der Waals surface area contributed by atoms with Crippen molar-refractivity contribution in [2.24, 2.45) is 5.92 Å². The van der Waals surface area contributed by atoms with Gasteiger partial charge in [0, 0.05) is 37.2 Å². The molecule has 2 saturated heterocycles. The maximum Gasteiger partial charge on any atom is 0.254 e. The van der Waals surface area contributed by atoms with E-state index in [1.165, 1.54) is 0 Å². The van der Waals surface area contributed by atoms with Gasteiger partial charge in [-0.1, -0.05) is 18.2 Å². The van der Waals surface area contributed by atoms with E-state index in [-0.39, 0.29) is 30.7 Å². The van der Waals surface area contributed by atoms with Crippen LogP contribution in [0.1, 0.15) is 23.7 Å². The summed E-state index contributed by atoms with van der Waals surface area (Å²) in [5.41, 5.74) is 1.33. The van der Waals surface area contributed by atoms with Crippen molar-refractivity contribution in [3.05, 3.63) is 42.1 Å². The van der Waals surface area contributed by atoms with Crippen LogP contribution in [0.3, 0.4) is 0 Å². The summed E-state index contributed by atoms with van der Waals surface area (Å²) < 4.78 is 30.0. The molecule has 2 aromatic rings. The number of para-hydroxylation sites is 1. The van der Waals surface area contributed by atoms with Crippen LogP contribution in [0.25, 0.3) is 10.9 Å². The number of ether oxygens (including phenoxy) is 1. The normalized spacial score (nSPS) is 23.3. The van der Waals surface area contributed by atoms with Crippen LogP contribution in [-0.2, 0) is 14.6 Å². The Bertz CT molecular complexity index is 946. The third kappa shape index (κ3) is 2.53. The molecule has 1 amide bonds. The highest BCUT2D eigenvalue weighted by Gasteiger charge is 2.62. The minimum atomic E-state index is -3.21. The van der Waals surface area contributed by atoms with Crippen LogP contribution in [0, 0.1) is 5.92 Å². The molecule has 7 heteroatoms. The van der Waals surface area contributed by atoms with Crippen molar-refractivity contribution in [3.63, 3.8) is 0 Å². The number of hydrogen-bond acceptors (Lipinski definition) is 5. The number of rotatable bonds is 4. The number of nitrogens with zero attached hydrogens (tertiary/aromatic N) is 2. The van der Waals surface area contributed by atoms with Gasteiger partial charge in [0.25, 0.3) is 5.91 Å². The van der Waals surface area contributed by atoms with E-state index in [9.17, 15) is 13.2 Å². The first kappa shape index (κ1) is 17.4. The molecule has 1 atom stereocenters. The minimum absolute atomic E-state index is 0.0364. The molecule has 2 aliphatic rings. The number of aromatic nitrogens is 1. The van der Waals surface area contributed by atoms with Crippen molar-refractivity contribution in [1.82, 2.24) is 9.88 Å². The highest BCUT2D eigenvalue weighted by molar-refractivity contribution is 7.93. The molecule has 0 bridgehead atoms. The molecule has 0 unspecified atom stereocenters. The van der Waals surface area contributed by atoms with Crippen LogP contribution in [-0.4, -0.2) is 61.0 Å². The molecule has 1 aromatic heterocycles. The number of hydrogen-bond donors (Lipinski definition) is 0. The average Bonchev–Trinajstić information content (AvgIpc) is 2.88. The van der Waals surface area contributed by atoms with E-state index in [1.54, 1.807) is 17.2 Å². The van der Waals surface area contributed by atoms with Gasteiger partial charge in [0.05, 0.1) is 23.4 Å². The molecule has 26 heavy (non-hydrogen) atoms. The van der Waals surface area contributed by atoms with Crippen molar-refractivity contribution in [1.29, 1.82) is 0 Å². The van der Waals surface area contributed by atoms with Gasteiger partial charge in [-0.2, -0.15) is 0 Å². The molecule has 0 radical (unpaired) electrons. The number of pyridine rings is 1. The van der Waals surface area contributed by atoms with Crippen LogP contribution in [0.2, 0.25) is 0 Å². The predicted octanol–water partition coefficient (Wildman–Crippen LogP) is 1.90. The third-order valence-corrected chi connectivity index (χ3v) is 8.31. The van der Waals surface area contributed by atoms with Crippen molar-refractivity contribution in [2.45, 2.75) is 18.1 Å². The summed E-state index contributed by atoms with van der Waals surface area (Å²) in [4.78, 5) is 18.9. The average molecular weight is 374 g/mol. The quantitative estimate of drug-likeness (QED) is 0.817. The topological polar surface area (TPSA) is 76.6 Å². The lowest BCUT2D eigenvalue weighted by atomic mass is 9.83. The van der Waals surface area contributed by atoms with Gasteiger partial charge in [0.15, 0.2) is 9.84 Å². The fourth-order valence-corrected chi connectivity index (χ4v) is 6.56. The van der Waals surface area contributed by atoms with Crippen molar-refractivity contribution >= 4 is 26.6 Å². The Balaban J connectivity index is 1.59. The maximum absolute atomic E-state index is 13.0. The smallest absolute Gasteiger partial charge is 0.254 e. The summed E-state index contributed by atoms with van der Waals surface area (Å²) >= 11 is 0. The molecule has 3 heterocycles. The number of carbonyl (C=O) groups excluding carboxylic acids is 1. The zero-order valence-electron chi connectivity index (χ0n) is 14.7. The lowest BCUT2D eigenvalue weighted by Gasteiger charge is -2.49. The molecule has 2 aliphatic heterocycles. The molecule has 0 aliphatic carbocycles. The highest BCUT2D eigenvalue weighted by atomic mass is 32.2. The van der Waals surface area contributed by atoms with Gasteiger partial charge in [0.2, 0.25) is 0 Å². The van der Waals surface area contributed by atoms with Crippen molar-refractivity contribution in [3.8, 4) is 0 Å². The Hall–Kier alpha value is -1.99. The molecular formula is C19H22N2O4S. The summed E-state index contributed by atoms with van der Waals surface area (Å²) in [6, 6.07) is 9.19. The van der Waals surface area contributed by atoms with E-state index >= 15 is 0 Å². The Morgan fingerprint density at radius 2 is 2.08 bits per heavy atom. The van der Waals surface area contributed by atoms with Crippen molar-refractivity contribution in [2.75, 3.05) is 32.1 Å². The number of fused-ring (bicyclic) bond motifs is 1. The van der Waals surface area contributed by atoms with Gasteiger partial charge >= 0.3 is 0 Å². The first-order chi connectivity index (χ1) is 12.5. The van der Waals surface area contributed by atoms with E-state index in [0.717, 1.165) is 10.9 Å². The zero-order chi connectivity index (χ0) is 18.4. The predicted molar refractivity (Wildman–Crippen MR) is 98.8 cm³/mol. The van der Waals surface area contributed by atoms with Gasteiger partial charge in [0.1, 0.15) is 4.75 Å². The fraction of sp³-hybridized carbons (Fsp3) is 0.474. The summed E-state index contributed by atoms with van der Waals surface area (Å²) in [6.07, 6.45) is 2.23. The van der Waals surface area contributed by atoms with E-state index in [2.05, 4.69) is 4.98 Å². The maximum atomic E-state index is 13.0. The van der Waals surface area contributed by atoms with Crippen LogP contribution in [0.15, 0.2) is 36.5 Å². The molecule has 4 rings (SSSR count). The van der Waals surface area contributed by atoms with Crippen LogP contribution in [0.5, 0.6) is 0 Å². The first-order valence-corrected chi connectivity index (χ1v) is 10.6. The summed E-state index contributed by atoms with van der Waals surface area (Å²) in [5.74, 6) is 0.0162. The van der Waals surface area contributed by atoms with E-state index < -0.39 is 14.6 Å². The second-order valence-corrected chi connectivity index (χ2v) is 9.52. The molecular weight excluding hydrogens is 352 g/mol. The van der Waals surface area contributed by atoms with Gasteiger partial charge in [-0.15, -0.1) is 0 Å². The monoisotopic (exact) mass is 374 g/mol. The number of amides is 1. The molecule has 138 valence electrons. The molecule has 1 aromatic carbocycles. The second kappa shape index (κ2) is 6.32. The minimum Gasteiger partial charge on any atom is -0.381 e. The van der Waals surface area contributed by atoms with Gasteiger partial charge < -0.3 is 9.64 Å².